The molecule has 1 aromatic carbocycles. The lowest BCUT2D eigenvalue weighted by molar-refractivity contribution is 0.533. The zero-order valence-electron chi connectivity index (χ0n) is 11.2. The normalized spacial score (nSPS) is 14.7. The summed E-state index contributed by atoms with van der Waals surface area (Å²) in [4.78, 5) is 6.55. The van der Waals surface area contributed by atoms with E-state index in [4.69, 9.17) is 0 Å². The van der Waals surface area contributed by atoms with E-state index in [0.29, 0.717) is 13.1 Å². The summed E-state index contributed by atoms with van der Waals surface area (Å²) < 4.78 is 26.4. The summed E-state index contributed by atoms with van der Waals surface area (Å²) in [5.74, 6) is 0.818. The number of sulfonamides is 1. The molecule has 0 unspecified atom stereocenters. The lowest BCUT2D eigenvalue weighted by atomic mass is 10.4. The van der Waals surface area contributed by atoms with E-state index in [1.165, 1.54) is 0 Å². The Labute approximate surface area is 136 Å². The molecule has 2 N–H and O–H groups in total. The molecule has 1 aromatic rings. The SMILES string of the molecule is CN1CCN=C1NCCNS(=O)(=O)c1ccccc1.I. The Morgan fingerprint density at radius 2 is 1.95 bits per heavy atom. The second-order valence-corrected chi connectivity index (χ2v) is 6.03. The highest BCUT2D eigenvalue weighted by Gasteiger charge is 2.14. The van der Waals surface area contributed by atoms with Gasteiger partial charge in [-0.2, -0.15) is 0 Å². The third-order valence-corrected chi connectivity index (χ3v) is 4.29. The Balaban J connectivity index is 0.00000200. The maximum atomic E-state index is 11.9. The van der Waals surface area contributed by atoms with Gasteiger partial charge in [0.25, 0.3) is 0 Å². The fraction of sp³-hybridized carbons (Fsp3) is 0.417. The summed E-state index contributed by atoms with van der Waals surface area (Å²) in [6, 6.07) is 8.34. The summed E-state index contributed by atoms with van der Waals surface area (Å²) >= 11 is 0. The molecule has 20 heavy (non-hydrogen) atoms. The molecule has 1 aliphatic heterocycles. The fourth-order valence-corrected chi connectivity index (χ4v) is 2.82. The first kappa shape index (κ1) is 17.2. The first-order valence-electron chi connectivity index (χ1n) is 6.14. The Hall–Kier alpha value is -0.870. The number of nitrogens with one attached hydrogen (secondary N) is 2. The smallest absolute Gasteiger partial charge is 0.240 e. The van der Waals surface area contributed by atoms with Gasteiger partial charge in [-0.25, -0.2) is 13.1 Å². The molecule has 0 amide bonds. The van der Waals surface area contributed by atoms with Crippen LogP contribution in [0, 0.1) is 0 Å². The van der Waals surface area contributed by atoms with Crippen molar-refractivity contribution in [3.8, 4) is 0 Å². The Kier molecular flexibility index (Phi) is 6.69. The molecule has 0 atom stereocenters. The van der Waals surface area contributed by atoms with Crippen LogP contribution in [0.2, 0.25) is 0 Å². The minimum atomic E-state index is -3.41. The van der Waals surface area contributed by atoms with Crippen LogP contribution in [0.25, 0.3) is 0 Å². The summed E-state index contributed by atoms with van der Waals surface area (Å²) in [5, 5.41) is 3.10. The Morgan fingerprint density at radius 1 is 1.25 bits per heavy atom. The van der Waals surface area contributed by atoms with Gasteiger partial charge >= 0.3 is 0 Å². The van der Waals surface area contributed by atoms with E-state index >= 15 is 0 Å². The number of rotatable bonds is 5. The molecule has 0 aliphatic carbocycles. The Bertz CT molecular complexity index is 548. The lowest BCUT2D eigenvalue weighted by Gasteiger charge is -2.15. The average Bonchev–Trinajstić information content (AvgIpc) is 2.81. The van der Waals surface area contributed by atoms with Crippen molar-refractivity contribution in [3.05, 3.63) is 30.3 Å². The number of hydrogen-bond acceptors (Lipinski definition) is 5. The second kappa shape index (κ2) is 7.79. The van der Waals surface area contributed by atoms with Gasteiger partial charge in [0, 0.05) is 26.7 Å². The van der Waals surface area contributed by atoms with E-state index in [-0.39, 0.29) is 28.9 Å². The molecule has 112 valence electrons. The van der Waals surface area contributed by atoms with Crippen LogP contribution in [-0.4, -0.2) is 52.5 Å². The predicted octanol–water partition coefficient (Wildman–Crippen LogP) is 0.474. The van der Waals surface area contributed by atoms with Crippen LogP contribution in [-0.2, 0) is 10.0 Å². The lowest BCUT2D eigenvalue weighted by Crippen LogP contribution is -2.40. The monoisotopic (exact) mass is 410 g/mol. The van der Waals surface area contributed by atoms with Crippen molar-refractivity contribution in [1.82, 2.24) is 14.9 Å². The van der Waals surface area contributed by atoms with E-state index in [9.17, 15) is 8.42 Å². The summed E-state index contributed by atoms with van der Waals surface area (Å²) in [6.45, 7) is 2.52. The van der Waals surface area contributed by atoms with Gasteiger partial charge in [-0.1, -0.05) is 18.2 Å². The van der Waals surface area contributed by atoms with Crippen LogP contribution in [0.4, 0.5) is 0 Å². The first-order valence-corrected chi connectivity index (χ1v) is 7.62. The average molecular weight is 410 g/mol. The highest BCUT2D eigenvalue weighted by molar-refractivity contribution is 14.0. The van der Waals surface area contributed by atoms with E-state index in [1.807, 2.05) is 11.9 Å². The van der Waals surface area contributed by atoms with Crippen LogP contribution in [0.5, 0.6) is 0 Å². The molecule has 1 aliphatic rings. The van der Waals surface area contributed by atoms with Crippen molar-refractivity contribution in [2.24, 2.45) is 4.99 Å². The molecule has 0 radical (unpaired) electrons. The number of benzene rings is 1. The van der Waals surface area contributed by atoms with Gasteiger partial charge in [0.05, 0.1) is 11.4 Å². The van der Waals surface area contributed by atoms with E-state index in [1.54, 1.807) is 30.3 Å². The van der Waals surface area contributed by atoms with Gasteiger partial charge in [-0.15, -0.1) is 24.0 Å². The van der Waals surface area contributed by atoms with Crippen LogP contribution in [0.3, 0.4) is 0 Å². The predicted molar refractivity (Wildman–Crippen MR) is 90.0 cm³/mol. The standard InChI is InChI=1S/C12H18N4O2S.HI/c1-16-10-9-14-12(16)13-7-8-15-19(17,18)11-5-3-2-4-6-11;/h2-6,15H,7-10H2,1H3,(H,13,14);1H. The molecule has 0 aromatic heterocycles. The van der Waals surface area contributed by atoms with Gasteiger partial charge in [0.15, 0.2) is 5.96 Å². The largest absolute Gasteiger partial charge is 0.355 e. The summed E-state index contributed by atoms with van der Waals surface area (Å²) in [5.41, 5.74) is 0. The van der Waals surface area contributed by atoms with E-state index in [2.05, 4.69) is 15.0 Å². The van der Waals surface area contributed by atoms with Gasteiger partial charge < -0.3 is 10.2 Å². The van der Waals surface area contributed by atoms with Crippen molar-refractivity contribution in [2.75, 3.05) is 33.2 Å². The molecular weight excluding hydrogens is 391 g/mol. The molecule has 0 spiro atoms. The second-order valence-electron chi connectivity index (χ2n) is 4.26. The van der Waals surface area contributed by atoms with E-state index in [0.717, 1.165) is 19.0 Å². The minimum absolute atomic E-state index is 0. The molecule has 6 nitrogen and oxygen atoms in total. The molecule has 0 saturated heterocycles. The number of likely N-dealkylation sites (N-methyl/N-ethyl adjacent to an activating group) is 1. The molecule has 8 heteroatoms. The fourth-order valence-electron chi connectivity index (χ4n) is 1.77. The number of aliphatic imine (C=N–C) groups is 1. The van der Waals surface area contributed by atoms with Crippen molar-refractivity contribution in [1.29, 1.82) is 0 Å². The number of halogens is 1. The molecule has 0 fully saturated rings. The highest BCUT2D eigenvalue weighted by Crippen LogP contribution is 2.06. The summed E-state index contributed by atoms with van der Waals surface area (Å²) in [7, 11) is -1.46. The van der Waals surface area contributed by atoms with Crippen LogP contribution in [0.1, 0.15) is 0 Å². The molecule has 1 heterocycles. The molecule has 0 bridgehead atoms. The van der Waals surface area contributed by atoms with Crippen LogP contribution >= 0.6 is 24.0 Å². The number of hydrogen-bond donors (Lipinski definition) is 2. The van der Waals surface area contributed by atoms with Crippen molar-refractivity contribution in [3.63, 3.8) is 0 Å². The minimum Gasteiger partial charge on any atom is -0.355 e. The maximum absolute atomic E-state index is 11.9. The summed E-state index contributed by atoms with van der Waals surface area (Å²) in [6.07, 6.45) is 0. The highest BCUT2D eigenvalue weighted by atomic mass is 127. The van der Waals surface area contributed by atoms with Crippen LogP contribution < -0.4 is 10.0 Å². The topological polar surface area (TPSA) is 73.8 Å². The molecular formula is C12H19IN4O2S. The zero-order valence-corrected chi connectivity index (χ0v) is 14.4. The van der Waals surface area contributed by atoms with Gasteiger partial charge in [-0.3, -0.25) is 4.99 Å². The zero-order chi connectivity index (χ0) is 13.7. The first-order chi connectivity index (χ1) is 9.09. The quantitative estimate of drug-likeness (QED) is 0.547. The molecule has 0 saturated carbocycles. The Morgan fingerprint density at radius 3 is 2.55 bits per heavy atom. The molecule has 2 rings (SSSR count). The number of guanidine groups is 1. The van der Waals surface area contributed by atoms with Gasteiger partial charge in [0.2, 0.25) is 10.0 Å². The number of nitrogens with zero attached hydrogens (tertiary/aromatic N) is 2. The third-order valence-electron chi connectivity index (χ3n) is 2.81. The van der Waals surface area contributed by atoms with Crippen molar-refractivity contribution < 1.29 is 8.42 Å². The maximum Gasteiger partial charge on any atom is 0.240 e. The van der Waals surface area contributed by atoms with Crippen LogP contribution in [0.15, 0.2) is 40.2 Å². The van der Waals surface area contributed by atoms with Crippen molar-refractivity contribution >= 4 is 40.0 Å². The van der Waals surface area contributed by atoms with Crippen molar-refractivity contribution in [2.45, 2.75) is 4.90 Å². The third kappa shape index (κ3) is 4.60. The van der Waals surface area contributed by atoms with Gasteiger partial charge in [0.1, 0.15) is 0 Å². The van der Waals surface area contributed by atoms with Gasteiger partial charge in [-0.05, 0) is 12.1 Å². The van der Waals surface area contributed by atoms with E-state index < -0.39 is 10.0 Å².